The highest BCUT2D eigenvalue weighted by Gasteiger charge is 2.43. The van der Waals surface area contributed by atoms with Crippen LogP contribution in [0.25, 0.3) is 0 Å². The molecule has 0 aromatic carbocycles. The summed E-state index contributed by atoms with van der Waals surface area (Å²) in [4.78, 5) is 50.9. The smallest absolute Gasteiger partial charge is 0.243 e. The number of likely N-dealkylation sites (N-methyl/N-ethyl adjacent to an activating group) is 1. The molecule has 0 aromatic rings. The first-order valence-corrected chi connectivity index (χ1v) is 7.31. The zero-order valence-electron chi connectivity index (χ0n) is 12.4. The maximum atomic E-state index is 12.2. The van der Waals surface area contributed by atoms with Gasteiger partial charge < -0.3 is 10.2 Å². The van der Waals surface area contributed by atoms with E-state index in [0.717, 1.165) is 17.7 Å². The quantitative estimate of drug-likeness (QED) is 0.778. The summed E-state index contributed by atoms with van der Waals surface area (Å²) in [6.45, 7) is 3.01. The molecule has 0 bridgehead atoms. The molecule has 2 atom stereocenters. The molecule has 25 heavy (non-hydrogen) atoms. The molecule has 2 aliphatic heterocycles. The molecule has 2 fully saturated rings. The summed E-state index contributed by atoms with van der Waals surface area (Å²) in [6.07, 6.45) is 1.87. The zero-order valence-corrected chi connectivity index (χ0v) is 12.4. The van der Waals surface area contributed by atoms with Gasteiger partial charge in [0.25, 0.3) is 0 Å². The summed E-state index contributed by atoms with van der Waals surface area (Å²) in [5, 5.41) is 2.44. The number of nitrogens with zero attached hydrogens (tertiary/aromatic N) is 2. The van der Waals surface area contributed by atoms with Crippen LogP contribution >= 0.6 is 0 Å². The SMILES string of the molecule is C.C.C.C.CNC(=O)C(CC(=O)N1CCCC1)N1C(=O)CC(C)C1=O. The third-order valence-corrected chi connectivity index (χ3v) is 4.10. The van der Waals surface area contributed by atoms with Gasteiger partial charge in [0.1, 0.15) is 6.04 Å². The van der Waals surface area contributed by atoms with E-state index < -0.39 is 17.9 Å². The molecule has 7 heteroatoms. The average Bonchev–Trinajstić information content (AvgIpc) is 3.06. The minimum absolute atomic E-state index is 0. The van der Waals surface area contributed by atoms with Crippen molar-refractivity contribution in [2.45, 2.75) is 68.4 Å². The molecule has 2 heterocycles. The second-order valence-electron chi connectivity index (χ2n) is 5.63. The Labute approximate surface area is 153 Å². The Morgan fingerprint density at radius 1 is 1.12 bits per heavy atom. The van der Waals surface area contributed by atoms with Crippen LogP contribution in [0.2, 0.25) is 0 Å². The van der Waals surface area contributed by atoms with Crippen LogP contribution in [0.15, 0.2) is 0 Å². The molecule has 2 rings (SSSR count). The summed E-state index contributed by atoms with van der Waals surface area (Å²) < 4.78 is 0. The summed E-state index contributed by atoms with van der Waals surface area (Å²) in [7, 11) is 1.43. The highest BCUT2D eigenvalue weighted by Crippen LogP contribution is 2.23. The molecule has 2 saturated heterocycles. The van der Waals surface area contributed by atoms with Crippen molar-refractivity contribution in [1.82, 2.24) is 15.1 Å². The first-order chi connectivity index (χ1) is 9.95. The van der Waals surface area contributed by atoms with E-state index in [-0.39, 0.29) is 60.3 Å². The number of carbonyl (C=O) groups excluding carboxylic acids is 4. The van der Waals surface area contributed by atoms with Gasteiger partial charge in [0.15, 0.2) is 0 Å². The number of imide groups is 1. The van der Waals surface area contributed by atoms with Crippen LogP contribution < -0.4 is 5.32 Å². The van der Waals surface area contributed by atoms with E-state index in [1.165, 1.54) is 7.05 Å². The first-order valence-electron chi connectivity index (χ1n) is 7.31. The van der Waals surface area contributed by atoms with Gasteiger partial charge in [0.2, 0.25) is 23.6 Å². The highest BCUT2D eigenvalue weighted by molar-refractivity contribution is 6.07. The van der Waals surface area contributed by atoms with Crippen LogP contribution in [0.3, 0.4) is 0 Å². The van der Waals surface area contributed by atoms with Crippen molar-refractivity contribution in [3.05, 3.63) is 0 Å². The minimum atomic E-state index is -1.03. The third-order valence-electron chi connectivity index (χ3n) is 4.10. The van der Waals surface area contributed by atoms with E-state index >= 15 is 0 Å². The Bertz CT molecular complexity index is 473. The highest BCUT2D eigenvalue weighted by atomic mass is 16.2. The number of hydrogen-bond acceptors (Lipinski definition) is 4. The van der Waals surface area contributed by atoms with Crippen molar-refractivity contribution in [2.75, 3.05) is 20.1 Å². The maximum absolute atomic E-state index is 12.2. The molecule has 0 aliphatic carbocycles. The van der Waals surface area contributed by atoms with E-state index in [9.17, 15) is 19.2 Å². The van der Waals surface area contributed by atoms with E-state index in [1.54, 1.807) is 11.8 Å². The summed E-state index contributed by atoms with van der Waals surface area (Å²) in [5.74, 6) is -1.83. The molecule has 0 aromatic heterocycles. The Balaban J connectivity index is -0.00000121. The van der Waals surface area contributed by atoms with Crippen LogP contribution in [-0.2, 0) is 19.2 Å². The molecule has 0 radical (unpaired) electrons. The van der Waals surface area contributed by atoms with Crippen LogP contribution in [0.1, 0.15) is 62.3 Å². The Morgan fingerprint density at radius 2 is 1.64 bits per heavy atom. The number of nitrogens with one attached hydrogen (secondary N) is 1. The lowest BCUT2D eigenvalue weighted by molar-refractivity contribution is -0.149. The molecular weight excluding hydrogens is 322 g/mol. The summed E-state index contributed by atoms with van der Waals surface area (Å²) in [5.41, 5.74) is 0. The van der Waals surface area contributed by atoms with Gasteiger partial charge in [-0.25, -0.2) is 0 Å². The standard InChI is InChI=1S/C14H21N3O4.4CH4/c1-9-7-12(19)17(14(9)21)10(13(20)15-2)8-11(18)16-5-3-4-6-16;;;;/h9-10H,3-8H2,1-2H3,(H,15,20);4*1H4. The van der Waals surface area contributed by atoms with Crippen molar-refractivity contribution in [1.29, 1.82) is 0 Å². The normalized spacial score (nSPS) is 19.8. The van der Waals surface area contributed by atoms with Crippen molar-refractivity contribution < 1.29 is 19.2 Å². The number of rotatable bonds is 4. The van der Waals surface area contributed by atoms with E-state index in [1.807, 2.05) is 0 Å². The second-order valence-corrected chi connectivity index (χ2v) is 5.63. The van der Waals surface area contributed by atoms with Crippen LogP contribution in [-0.4, -0.2) is 59.6 Å². The Kier molecular flexibility index (Phi) is 13.0. The monoisotopic (exact) mass is 359 g/mol. The number of carbonyl (C=O) groups is 4. The fourth-order valence-corrected chi connectivity index (χ4v) is 2.86. The van der Waals surface area contributed by atoms with Gasteiger partial charge in [-0.3, -0.25) is 24.1 Å². The Hall–Kier alpha value is -1.92. The zero-order chi connectivity index (χ0) is 15.6. The fraction of sp³-hybridized carbons (Fsp3) is 0.778. The minimum Gasteiger partial charge on any atom is -0.357 e. The molecule has 0 spiro atoms. The van der Waals surface area contributed by atoms with Crippen molar-refractivity contribution in [3.8, 4) is 0 Å². The van der Waals surface area contributed by atoms with Crippen molar-refractivity contribution in [2.24, 2.45) is 5.92 Å². The average molecular weight is 360 g/mol. The maximum Gasteiger partial charge on any atom is 0.243 e. The van der Waals surface area contributed by atoms with Crippen molar-refractivity contribution >= 4 is 23.6 Å². The number of hydrogen-bond donors (Lipinski definition) is 1. The van der Waals surface area contributed by atoms with Crippen LogP contribution in [0, 0.1) is 5.92 Å². The van der Waals surface area contributed by atoms with Crippen LogP contribution in [0.5, 0.6) is 0 Å². The van der Waals surface area contributed by atoms with Gasteiger partial charge in [-0.1, -0.05) is 36.6 Å². The topological polar surface area (TPSA) is 86.8 Å². The lowest BCUT2D eigenvalue weighted by Gasteiger charge is -2.26. The van der Waals surface area contributed by atoms with Gasteiger partial charge in [0, 0.05) is 32.5 Å². The van der Waals surface area contributed by atoms with E-state index in [4.69, 9.17) is 0 Å². The number of likely N-dealkylation sites (tertiary alicyclic amines) is 2. The van der Waals surface area contributed by atoms with Gasteiger partial charge in [-0.15, -0.1) is 0 Å². The van der Waals surface area contributed by atoms with Gasteiger partial charge >= 0.3 is 0 Å². The lowest BCUT2D eigenvalue weighted by Crippen LogP contribution is -2.51. The second kappa shape index (κ2) is 11.6. The largest absolute Gasteiger partial charge is 0.357 e. The predicted molar refractivity (Wildman–Crippen MR) is 101 cm³/mol. The molecule has 0 saturated carbocycles. The molecule has 2 aliphatic rings. The van der Waals surface area contributed by atoms with Crippen molar-refractivity contribution in [3.63, 3.8) is 0 Å². The van der Waals surface area contributed by atoms with E-state index in [0.29, 0.717) is 13.1 Å². The molecular formula is C18H37N3O4. The van der Waals surface area contributed by atoms with Gasteiger partial charge in [0.05, 0.1) is 6.42 Å². The lowest BCUT2D eigenvalue weighted by atomic mass is 10.1. The summed E-state index contributed by atoms with van der Waals surface area (Å²) >= 11 is 0. The molecule has 7 nitrogen and oxygen atoms in total. The fourth-order valence-electron chi connectivity index (χ4n) is 2.86. The molecule has 4 amide bonds. The Morgan fingerprint density at radius 3 is 2.04 bits per heavy atom. The number of amides is 4. The molecule has 148 valence electrons. The van der Waals surface area contributed by atoms with Gasteiger partial charge in [-0.2, -0.15) is 0 Å². The predicted octanol–water partition coefficient (Wildman–Crippen LogP) is 2.05. The van der Waals surface area contributed by atoms with E-state index in [2.05, 4.69) is 5.32 Å². The first kappa shape index (κ1) is 27.9. The van der Waals surface area contributed by atoms with Crippen LogP contribution in [0.4, 0.5) is 0 Å². The summed E-state index contributed by atoms with van der Waals surface area (Å²) in [6, 6.07) is -1.03. The van der Waals surface area contributed by atoms with Gasteiger partial charge in [-0.05, 0) is 12.8 Å². The molecule has 1 N–H and O–H groups in total. The molecule has 2 unspecified atom stereocenters. The third kappa shape index (κ3) is 5.83.